The van der Waals surface area contributed by atoms with Crippen LogP contribution in [-0.4, -0.2) is 25.2 Å². The Morgan fingerprint density at radius 3 is 2.19 bits per heavy atom. The normalized spacial score (nSPS) is 13.7. The average Bonchev–Trinajstić information content (AvgIpc) is 3.27. The highest BCUT2D eigenvalue weighted by Gasteiger charge is 2.47. The van der Waals surface area contributed by atoms with Crippen LogP contribution >= 0.6 is 0 Å². The number of nitrogens with zero attached hydrogens (tertiary/aromatic N) is 1. The van der Waals surface area contributed by atoms with Gasteiger partial charge in [-0.1, -0.05) is 17.7 Å². The van der Waals surface area contributed by atoms with Crippen molar-refractivity contribution in [3.8, 4) is 6.07 Å². The van der Waals surface area contributed by atoms with E-state index in [9.17, 15) is 9.59 Å². The minimum absolute atomic E-state index is 0.0992. The zero-order valence-electron chi connectivity index (χ0n) is 12.6. The number of carbonyl (C=O) groups excluding carboxylic acids is 2. The molecule has 21 heavy (non-hydrogen) atoms. The van der Waals surface area contributed by atoms with Gasteiger partial charge in [0.2, 0.25) is 0 Å². The van der Waals surface area contributed by atoms with Crippen LogP contribution in [0.15, 0.2) is 23.8 Å². The predicted molar refractivity (Wildman–Crippen MR) is 77.0 cm³/mol. The summed E-state index contributed by atoms with van der Waals surface area (Å²) in [4.78, 5) is 24.7. The van der Waals surface area contributed by atoms with Crippen molar-refractivity contribution in [1.29, 1.82) is 5.26 Å². The van der Waals surface area contributed by atoms with Crippen LogP contribution in [0.2, 0.25) is 0 Å². The summed E-state index contributed by atoms with van der Waals surface area (Å²) in [6.07, 6.45) is 7.05. The molecule has 0 atom stereocenters. The van der Waals surface area contributed by atoms with E-state index >= 15 is 0 Å². The van der Waals surface area contributed by atoms with Crippen molar-refractivity contribution in [3.05, 3.63) is 23.8 Å². The van der Waals surface area contributed by atoms with Crippen LogP contribution in [0.25, 0.3) is 0 Å². The van der Waals surface area contributed by atoms with E-state index in [4.69, 9.17) is 14.7 Å². The van der Waals surface area contributed by atoms with Gasteiger partial charge in [0.25, 0.3) is 0 Å². The van der Waals surface area contributed by atoms with Gasteiger partial charge in [0.1, 0.15) is 0 Å². The molecule has 0 aliphatic heterocycles. The summed E-state index contributed by atoms with van der Waals surface area (Å²) < 4.78 is 10.1. The van der Waals surface area contributed by atoms with E-state index in [0.717, 1.165) is 12.8 Å². The Balaban J connectivity index is 3.06. The van der Waals surface area contributed by atoms with Crippen LogP contribution in [0.4, 0.5) is 0 Å². The van der Waals surface area contributed by atoms with Gasteiger partial charge in [0, 0.05) is 6.08 Å². The van der Waals surface area contributed by atoms with Crippen molar-refractivity contribution in [2.75, 3.05) is 13.2 Å². The number of esters is 2. The highest BCUT2D eigenvalue weighted by Crippen LogP contribution is 2.36. The fourth-order valence-electron chi connectivity index (χ4n) is 1.95. The largest absolute Gasteiger partial charge is 0.465 e. The van der Waals surface area contributed by atoms with E-state index in [1.165, 1.54) is 17.7 Å². The number of rotatable bonds is 8. The molecule has 1 aliphatic carbocycles. The first-order valence-electron chi connectivity index (χ1n) is 7.17. The summed E-state index contributed by atoms with van der Waals surface area (Å²) in [5.41, 5.74) is -0.160. The van der Waals surface area contributed by atoms with Crippen LogP contribution in [0, 0.1) is 16.7 Å². The molecule has 114 valence electrons. The highest BCUT2D eigenvalue weighted by molar-refractivity contribution is 6.00. The van der Waals surface area contributed by atoms with Crippen LogP contribution in [0.3, 0.4) is 0 Å². The smallest absolute Gasteiger partial charge is 0.324 e. The second-order valence-electron chi connectivity index (χ2n) is 4.83. The molecule has 1 fully saturated rings. The Morgan fingerprint density at radius 2 is 1.76 bits per heavy atom. The van der Waals surface area contributed by atoms with Gasteiger partial charge < -0.3 is 9.47 Å². The molecule has 1 rings (SSSR count). The molecule has 0 radical (unpaired) electrons. The zero-order chi connectivity index (χ0) is 15.7. The quantitative estimate of drug-likeness (QED) is 0.297. The van der Waals surface area contributed by atoms with E-state index in [-0.39, 0.29) is 26.1 Å². The van der Waals surface area contributed by atoms with Gasteiger partial charge in [0.05, 0.1) is 19.3 Å². The van der Waals surface area contributed by atoms with Gasteiger partial charge in [-0.15, -0.1) is 0 Å². The second-order valence-corrected chi connectivity index (χ2v) is 4.83. The maximum absolute atomic E-state index is 12.3. The molecule has 5 heteroatoms. The molecule has 0 heterocycles. The lowest BCUT2D eigenvalue weighted by Crippen LogP contribution is -2.41. The number of carbonyl (C=O) groups is 2. The lowest BCUT2D eigenvalue weighted by atomic mass is 9.80. The van der Waals surface area contributed by atoms with E-state index in [2.05, 4.69) is 0 Å². The van der Waals surface area contributed by atoms with E-state index in [1.54, 1.807) is 13.8 Å². The number of allylic oxidation sites excluding steroid dienone is 4. The summed E-state index contributed by atoms with van der Waals surface area (Å²) in [6.45, 7) is 3.77. The number of hydrogen-bond donors (Lipinski definition) is 0. The van der Waals surface area contributed by atoms with Crippen LogP contribution in [-0.2, 0) is 19.1 Å². The summed E-state index contributed by atoms with van der Waals surface area (Å²) in [5.74, 6) is -1.19. The molecular weight excluding hydrogens is 270 g/mol. The minimum Gasteiger partial charge on any atom is -0.465 e. The number of nitriles is 1. The fourth-order valence-corrected chi connectivity index (χ4v) is 1.95. The second kappa shape index (κ2) is 8.25. The lowest BCUT2D eigenvalue weighted by molar-refractivity contribution is -0.171. The van der Waals surface area contributed by atoms with Gasteiger partial charge in [-0.3, -0.25) is 9.59 Å². The summed E-state index contributed by atoms with van der Waals surface area (Å²) in [5, 5.41) is 8.59. The van der Waals surface area contributed by atoms with Crippen molar-refractivity contribution in [1.82, 2.24) is 0 Å². The topological polar surface area (TPSA) is 76.4 Å². The van der Waals surface area contributed by atoms with Crippen LogP contribution < -0.4 is 0 Å². The van der Waals surface area contributed by atoms with Gasteiger partial charge in [0.15, 0.2) is 5.41 Å². The van der Waals surface area contributed by atoms with Gasteiger partial charge in [-0.2, -0.15) is 5.26 Å². The summed E-state index contributed by atoms with van der Waals surface area (Å²) in [7, 11) is 0. The Bertz CT molecular complexity index is 461. The molecule has 0 bridgehead atoms. The van der Waals surface area contributed by atoms with Crippen LogP contribution in [0.5, 0.6) is 0 Å². The maximum Gasteiger partial charge on any atom is 0.324 e. The Morgan fingerprint density at radius 1 is 1.19 bits per heavy atom. The average molecular weight is 291 g/mol. The molecule has 0 unspecified atom stereocenters. The van der Waals surface area contributed by atoms with E-state index < -0.39 is 17.4 Å². The number of ether oxygens (including phenoxy) is 2. The molecule has 0 N–H and O–H groups in total. The summed E-state index contributed by atoms with van der Waals surface area (Å²) in [6, 6.07) is 1.86. The highest BCUT2D eigenvalue weighted by atomic mass is 16.6. The van der Waals surface area contributed by atoms with Crippen LogP contribution in [0.1, 0.15) is 39.5 Å². The molecule has 0 aromatic heterocycles. The predicted octanol–water partition coefficient (Wildman–Crippen LogP) is 2.68. The van der Waals surface area contributed by atoms with Gasteiger partial charge >= 0.3 is 11.9 Å². The molecule has 0 saturated heterocycles. The monoisotopic (exact) mass is 291 g/mol. The Kier molecular flexibility index (Phi) is 6.67. The van der Waals surface area contributed by atoms with Crippen molar-refractivity contribution < 1.29 is 19.1 Å². The molecule has 5 nitrogen and oxygen atoms in total. The SMILES string of the molecule is CCOC(=O)C(CC=C1CC1)(C/C=C/C#N)C(=O)OCC. The van der Waals surface area contributed by atoms with E-state index in [1.807, 2.05) is 12.1 Å². The minimum atomic E-state index is -1.39. The first-order chi connectivity index (χ1) is 10.1. The molecular formula is C16H21NO4. The number of hydrogen-bond acceptors (Lipinski definition) is 5. The Hall–Kier alpha value is -2.09. The fraction of sp³-hybridized carbons (Fsp3) is 0.562. The van der Waals surface area contributed by atoms with Crippen molar-refractivity contribution in [2.24, 2.45) is 5.41 Å². The lowest BCUT2D eigenvalue weighted by Gasteiger charge is -2.27. The summed E-state index contributed by atoms with van der Waals surface area (Å²) >= 11 is 0. The van der Waals surface area contributed by atoms with Gasteiger partial charge in [-0.05, 0) is 39.5 Å². The van der Waals surface area contributed by atoms with Crippen molar-refractivity contribution >= 4 is 11.9 Å². The third-order valence-corrected chi connectivity index (χ3v) is 3.27. The molecule has 1 aliphatic rings. The van der Waals surface area contributed by atoms with Gasteiger partial charge in [-0.25, -0.2) is 0 Å². The van der Waals surface area contributed by atoms with Crippen molar-refractivity contribution in [3.63, 3.8) is 0 Å². The first-order valence-corrected chi connectivity index (χ1v) is 7.17. The third kappa shape index (κ3) is 4.75. The zero-order valence-corrected chi connectivity index (χ0v) is 12.6. The molecule has 0 aromatic rings. The molecule has 0 amide bonds. The maximum atomic E-state index is 12.3. The molecule has 0 aromatic carbocycles. The van der Waals surface area contributed by atoms with Crippen molar-refractivity contribution in [2.45, 2.75) is 39.5 Å². The molecule has 1 saturated carbocycles. The Labute approximate surface area is 125 Å². The standard InChI is InChI=1S/C16H21NO4/c1-3-20-14(18)16(10-5-6-12-17,15(19)21-4-2)11-9-13-7-8-13/h5-6,9H,3-4,7-8,10-11H2,1-2H3/b6-5+. The van der Waals surface area contributed by atoms with E-state index in [0.29, 0.717) is 0 Å². The molecule has 0 spiro atoms. The first kappa shape index (κ1) is 17.0. The third-order valence-electron chi connectivity index (χ3n) is 3.27.